The molecule has 1 aromatic heterocycles. The average molecular weight is 438 g/mol. The summed E-state index contributed by atoms with van der Waals surface area (Å²) >= 11 is 6.78. The van der Waals surface area contributed by atoms with E-state index in [-0.39, 0.29) is 16.0 Å². The number of carbonyl (C=O) groups is 1. The summed E-state index contributed by atoms with van der Waals surface area (Å²) in [5, 5.41) is 18.1. The lowest BCUT2D eigenvalue weighted by atomic mass is 10.2. The molecular weight excluding hydrogens is 421 g/mol. The zero-order valence-electron chi connectivity index (χ0n) is 15.5. The van der Waals surface area contributed by atoms with E-state index in [4.69, 9.17) is 20.9 Å². The summed E-state index contributed by atoms with van der Waals surface area (Å²) in [6, 6.07) is 10.8. The van der Waals surface area contributed by atoms with Gasteiger partial charge in [0.25, 0.3) is 5.03 Å². The van der Waals surface area contributed by atoms with Gasteiger partial charge in [0, 0.05) is 17.8 Å². The van der Waals surface area contributed by atoms with Crippen LogP contribution in [0, 0.1) is 5.82 Å². The summed E-state index contributed by atoms with van der Waals surface area (Å²) in [5.74, 6) is -0.936. The molecule has 0 spiro atoms. The molecule has 1 N–H and O–H groups in total. The molecule has 3 rings (SSSR count). The molecule has 0 fully saturated rings. The summed E-state index contributed by atoms with van der Waals surface area (Å²) in [6.07, 6.45) is 0.429. The Morgan fingerprint density at radius 3 is 2.72 bits per heavy atom. The molecule has 0 aliphatic rings. The van der Waals surface area contributed by atoms with E-state index in [2.05, 4.69) is 10.6 Å². The average Bonchev–Trinajstić information content (AvgIpc) is 3.09. The first-order valence-electron chi connectivity index (χ1n) is 8.59. The van der Waals surface area contributed by atoms with Crippen LogP contribution in [0.5, 0.6) is 11.7 Å². The standard InChI is InChI=1S/C19H17ClFN3O4S/c1-3-16(17(25)22-11-4-9-15(21)14(20)10-11)29-18-19(26)28-23-24(18)12-5-7-13(27-2)8-6-12/h4-10,16H,3H2,1-2H3,(H-,22,23,25,26). The Balaban J connectivity index is 1.80. The quantitative estimate of drug-likeness (QED) is 0.450. The van der Waals surface area contributed by atoms with Crippen molar-refractivity contribution in [3.63, 3.8) is 0 Å². The SMILES string of the molecule is CCC(Sc1c([O-])on[n+]1-c1ccc(OC)cc1)C(=O)Nc1ccc(F)c(Cl)c1. The molecule has 2 aromatic carbocycles. The molecule has 152 valence electrons. The zero-order valence-corrected chi connectivity index (χ0v) is 17.1. The van der Waals surface area contributed by atoms with Gasteiger partial charge in [0.05, 0.1) is 22.7 Å². The summed E-state index contributed by atoms with van der Waals surface area (Å²) in [5.41, 5.74) is 0.941. The highest BCUT2D eigenvalue weighted by molar-refractivity contribution is 8.00. The Hall–Kier alpha value is -2.78. The number of thioether (sulfide) groups is 1. The summed E-state index contributed by atoms with van der Waals surface area (Å²) in [7, 11) is 1.55. The van der Waals surface area contributed by atoms with Gasteiger partial charge < -0.3 is 19.7 Å². The highest BCUT2D eigenvalue weighted by atomic mass is 35.5. The first kappa shape index (κ1) is 20.9. The highest BCUT2D eigenvalue weighted by Crippen LogP contribution is 2.30. The van der Waals surface area contributed by atoms with Gasteiger partial charge in [0.2, 0.25) is 11.6 Å². The topological polar surface area (TPSA) is 91.3 Å². The first-order chi connectivity index (χ1) is 13.9. The van der Waals surface area contributed by atoms with Gasteiger partial charge in [0.15, 0.2) is 5.95 Å². The number of carbonyl (C=O) groups excluding carboxylic acids is 1. The van der Waals surface area contributed by atoms with Gasteiger partial charge in [-0.15, -0.1) is 0 Å². The molecule has 7 nitrogen and oxygen atoms in total. The lowest BCUT2D eigenvalue weighted by Crippen LogP contribution is -2.36. The van der Waals surface area contributed by atoms with Gasteiger partial charge in [0.1, 0.15) is 11.6 Å². The number of hydrogen-bond donors (Lipinski definition) is 1. The maximum atomic E-state index is 13.3. The van der Waals surface area contributed by atoms with E-state index in [1.165, 1.54) is 22.9 Å². The van der Waals surface area contributed by atoms with Crippen LogP contribution in [0.2, 0.25) is 5.02 Å². The van der Waals surface area contributed by atoms with Crippen molar-refractivity contribution < 1.29 is 28.2 Å². The van der Waals surface area contributed by atoms with E-state index in [1.54, 1.807) is 31.4 Å². The molecule has 0 radical (unpaired) electrons. The molecule has 0 bridgehead atoms. The molecular formula is C19H17ClFN3O4S. The van der Waals surface area contributed by atoms with Crippen LogP contribution in [-0.2, 0) is 4.79 Å². The van der Waals surface area contributed by atoms with Crippen LogP contribution in [-0.4, -0.2) is 23.5 Å². The van der Waals surface area contributed by atoms with Crippen molar-refractivity contribution in [3.05, 3.63) is 53.3 Å². The Morgan fingerprint density at radius 1 is 1.38 bits per heavy atom. The summed E-state index contributed by atoms with van der Waals surface area (Å²) in [6.45, 7) is 1.81. The molecule has 0 aliphatic carbocycles. The van der Waals surface area contributed by atoms with Crippen LogP contribution >= 0.6 is 23.4 Å². The fourth-order valence-corrected chi connectivity index (χ4v) is 3.63. The Morgan fingerprint density at radius 2 is 2.10 bits per heavy atom. The molecule has 0 saturated carbocycles. The second-order valence-corrected chi connectivity index (χ2v) is 7.51. The summed E-state index contributed by atoms with van der Waals surface area (Å²) < 4.78 is 24.5. The van der Waals surface area contributed by atoms with Crippen molar-refractivity contribution in [1.29, 1.82) is 0 Å². The van der Waals surface area contributed by atoms with Gasteiger partial charge in [-0.3, -0.25) is 4.79 Å². The molecule has 29 heavy (non-hydrogen) atoms. The second kappa shape index (κ2) is 9.15. The minimum absolute atomic E-state index is 0.0956. The molecule has 1 amide bonds. The maximum absolute atomic E-state index is 13.3. The molecule has 10 heteroatoms. The first-order valence-corrected chi connectivity index (χ1v) is 9.84. The van der Waals surface area contributed by atoms with Crippen molar-refractivity contribution in [2.45, 2.75) is 23.6 Å². The number of ether oxygens (including phenoxy) is 1. The van der Waals surface area contributed by atoms with Gasteiger partial charge in [-0.25, -0.2) is 4.39 Å². The van der Waals surface area contributed by atoms with Crippen LogP contribution in [0.4, 0.5) is 10.1 Å². The van der Waals surface area contributed by atoms with Crippen molar-refractivity contribution in [2.24, 2.45) is 0 Å². The van der Waals surface area contributed by atoms with Gasteiger partial charge in [-0.05, 0) is 53.2 Å². The minimum Gasteiger partial charge on any atom is -0.538 e. The normalized spacial score (nSPS) is 11.9. The third kappa shape index (κ3) is 4.80. The number of rotatable bonds is 7. The lowest BCUT2D eigenvalue weighted by molar-refractivity contribution is -0.705. The second-order valence-electron chi connectivity index (χ2n) is 5.91. The number of hydrogen-bond acceptors (Lipinski definition) is 6. The third-order valence-corrected chi connectivity index (χ3v) is 5.68. The molecule has 0 saturated heterocycles. The lowest BCUT2D eigenvalue weighted by Gasteiger charge is -2.13. The molecule has 1 unspecified atom stereocenters. The predicted molar refractivity (Wildman–Crippen MR) is 104 cm³/mol. The van der Waals surface area contributed by atoms with Gasteiger partial charge >= 0.3 is 0 Å². The fourth-order valence-electron chi connectivity index (χ4n) is 2.48. The van der Waals surface area contributed by atoms with Crippen LogP contribution in [0.3, 0.4) is 0 Å². The summed E-state index contributed by atoms with van der Waals surface area (Å²) in [4.78, 5) is 12.7. The van der Waals surface area contributed by atoms with Crippen LogP contribution in [0.1, 0.15) is 13.3 Å². The van der Waals surface area contributed by atoms with E-state index in [9.17, 15) is 14.3 Å². The van der Waals surface area contributed by atoms with E-state index in [1.807, 2.05) is 6.92 Å². The number of nitrogens with one attached hydrogen (secondary N) is 1. The maximum Gasteiger partial charge on any atom is 0.298 e. The van der Waals surface area contributed by atoms with E-state index in [0.29, 0.717) is 23.5 Å². The van der Waals surface area contributed by atoms with Crippen molar-refractivity contribution in [2.75, 3.05) is 12.4 Å². The smallest absolute Gasteiger partial charge is 0.298 e. The number of methoxy groups -OCH3 is 1. The fraction of sp³-hybridized carbons (Fsp3) is 0.211. The number of aromatic nitrogens is 2. The van der Waals surface area contributed by atoms with Crippen molar-refractivity contribution in [3.8, 4) is 17.4 Å². The minimum atomic E-state index is -0.651. The number of nitrogens with zero attached hydrogens (tertiary/aromatic N) is 2. The monoisotopic (exact) mass is 437 g/mol. The third-order valence-electron chi connectivity index (χ3n) is 3.99. The molecule has 1 atom stereocenters. The van der Waals surface area contributed by atoms with E-state index >= 15 is 0 Å². The predicted octanol–water partition coefficient (Wildman–Crippen LogP) is 3.34. The van der Waals surface area contributed by atoms with Crippen LogP contribution in [0.25, 0.3) is 5.69 Å². The van der Waals surface area contributed by atoms with Gasteiger partial charge in [-0.2, -0.15) is 0 Å². The Labute approximate surface area is 175 Å². The Kier molecular flexibility index (Phi) is 6.60. The molecule has 0 aliphatic heterocycles. The number of halogens is 2. The van der Waals surface area contributed by atoms with Crippen molar-refractivity contribution in [1.82, 2.24) is 5.27 Å². The van der Waals surface area contributed by atoms with Crippen LogP contribution in [0.15, 0.2) is 52.0 Å². The number of amides is 1. The largest absolute Gasteiger partial charge is 0.538 e. The number of benzene rings is 2. The molecule has 3 aromatic rings. The zero-order chi connectivity index (χ0) is 21.0. The Bertz CT molecular complexity index is 1010. The van der Waals surface area contributed by atoms with E-state index < -0.39 is 17.0 Å². The van der Waals surface area contributed by atoms with Gasteiger partial charge in [-0.1, -0.05) is 18.5 Å². The highest BCUT2D eigenvalue weighted by Gasteiger charge is 2.28. The van der Waals surface area contributed by atoms with Crippen molar-refractivity contribution >= 4 is 35.0 Å². The number of anilines is 1. The van der Waals surface area contributed by atoms with Crippen LogP contribution < -0.4 is 19.8 Å². The van der Waals surface area contributed by atoms with E-state index in [0.717, 1.165) is 11.8 Å². The molecule has 1 heterocycles.